The zero-order chi connectivity index (χ0) is 21.1. The number of sulfonamides is 1. The number of carbonyl (C=O) groups is 1. The topological polar surface area (TPSA) is 91.8 Å². The average molecular weight is 434 g/mol. The van der Waals surface area contributed by atoms with Crippen LogP contribution in [0.25, 0.3) is 0 Å². The molecule has 0 radical (unpaired) electrons. The first-order valence-corrected chi connectivity index (χ1v) is 11.3. The van der Waals surface area contributed by atoms with Crippen LogP contribution < -0.4 is 10.2 Å². The van der Waals surface area contributed by atoms with Gasteiger partial charge >= 0.3 is 0 Å². The summed E-state index contributed by atoms with van der Waals surface area (Å²) in [5, 5.41) is 2.77. The van der Waals surface area contributed by atoms with E-state index in [1.54, 1.807) is 12.3 Å². The third-order valence-electron chi connectivity index (χ3n) is 5.28. The van der Waals surface area contributed by atoms with Crippen LogP contribution in [0.4, 0.5) is 15.9 Å². The van der Waals surface area contributed by atoms with Crippen LogP contribution in [0, 0.1) is 5.82 Å². The van der Waals surface area contributed by atoms with E-state index in [2.05, 4.69) is 15.2 Å². The molecule has 0 unspecified atom stereocenters. The Hall–Kier alpha value is -2.56. The van der Waals surface area contributed by atoms with E-state index in [9.17, 15) is 17.6 Å². The Kier molecular flexibility index (Phi) is 5.98. The summed E-state index contributed by atoms with van der Waals surface area (Å²) in [5.74, 6) is -0.116. The number of aromatic nitrogens is 1. The van der Waals surface area contributed by atoms with Crippen LogP contribution in [0.2, 0.25) is 0 Å². The average Bonchev–Trinajstić information content (AvgIpc) is 3.26. The normalized spacial score (nSPS) is 20.3. The molecule has 2 fully saturated rings. The van der Waals surface area contributed by atoms with E-state index in [0.717, 1.165) is 31.0 Å². The van der Waals surface area contributed by atoms with Gasteiger partial charge < -0.3 is 15.0 Å². The number of amides is 1. The summed E-state index contributed by atoms with van der Waals surface area (Å²) in [6, 6.07) is 7.38. The fourth-order valence-corrected chi connectivity index (χ4v) is 5.35. The Morgan fingerprint density at radius 2 is 1.83 bits per heavy atom. The largest absolute Gasteiger partial charge is 0.378 e. The first-order chi connectivity index (χ1) is 14.4. The zero-order valence-electron chi connectivity index (χ0n) is 16.3. The second kappa shape index (κ2) is 8.66. The van der Waals surface area contributed by atoms with Gasteiger partial charge in [-0.2, -0.15) is 4.31 Å². The molecule has 4 rings (SSSR count). The number of hydrogen-bond acceptors (Lipinski definition) is 6. The molecule has 1 N–H and O–H groups in total. The lowest BCUT2D eigenvalue weighted by atomic mass is 10.2. The quantitative estimate of drug-likeness (QED) is 0.772. The van der Waals surface area contributed by atoms with Crippen molar-refractivity contribution >= 4 is 27.4 Å². The van der Waals surface area contributed by atoms with Crippen LogP contribution in [0.5, 0.6) is 0 Å². The molecular weight excluding hydrogens is 411 g/mol. The number of morpholine rings is 1. The van der Waals surface area contributed by atoms with E-state index in [0.29, 0.717) is 31.7 Å². The van der Waals surface area contributed by atoms with E-state index in [1.165, 1.54) is 16.4 Å². The zero-order valence-corrected chi connectivity index (χ0v) is 17.1. The standard InChI is InChI=1S/C20H23FN4O4S/c21-15-3-6-17(7-4-15)30(27,28)25-9-1-2-18(25)20(26)23-16-5-8-19(22-14-16)24-10-12-29-13-11-24/h3-8,14,18H,1-2,9-13H2,(H,23,26)/t18-/m0/s1. The minimum Gasteiger partial charge on any atom is -0.378 e. The van der Waals surface area contributed by atoms with E-state index in [1.807, 2.05) is 6.07 Å². The molecule has 0 aliphatic carbocycles. The van der Waals surface area contributed by atoms with Crippen molar-refractivity contribution in [1.29, 1.82) is 0 Å². The van der Waals surface area contributed by atoms with Gasteiger partial charge in [0.1, 0.15) is 17.7 Å². The Balaban J connectivity index is 1.45. The molecule has 8 nitrogen and oxygen atoms in total. The third-order valence-corrected chi connectivity index (χ3v) is 7.20. The fraction of sp³-hybridized carbons (Fsp3) is 0.400. The molecule has 1 atom stereocenters. The summed E-state index contributed by atoms with van der Waals surface area (Å²) < 4.78 is 45.5. The molecule has 1 aromatic carbocycles. The van der Waals surface area contributed by atoms with Gasteiger partial charge in [-0.05, 0) is 49.2 Å². The number of ether oxygens (including phenoxy) is 1. The van der Waals surface area contributed by atoms with Crippen molar-refractivity contribution in [2.45, 2.75) is 23.8 Å². The van der Waals surface area contributed by atoms with Gasteiger partial charge in [0.05, 0.1) is 30.0 Å². The van der Waals surface area contributed by atoms with Crippen LogP contribution in [-0.4, -0.2) is 62.5 Å². The van der Waals surface area contributed by atoms with Gasteiger partial charge in [-0.25, -0.2) is 17.8 Å². The summed E-state index contributed by atoms with van der Waals surface area (Å²) in [7, 11) is -3.89. The molecule has 2 aromatic rings. The number of hydrogen-bond donors (Lipinski definition) is 1. The molecule has 0 spiro atoms. The third kappa shape index (κ3) is 4.30. The van der Waals surface area contributed by atoms with Crippen molar-refractivity contribution in [2.24, 2.45) is 0 Å². The highest BCUT2D eigenvalue weighted by atomic mass is 32.2. The first kappa shape index (κ1) is 20.7. The monoisotopic (exact) mass is 434 g/mol. The van der Waals surface area contributed by atoms with Gasteiger partial charge in [0, 0.05) is 19.6 Å². The van der Waals surface area contributed by atoms with Gasteiger partial charge in [0.2, 0.25) is 15.9 Å². The minimum absolute atomic E-state index is 0.0277. The van der Waals surface area contributed by atoms with Crippen molar-refractivity contribution in [2.75, 3.05) is 43.1 Å². The van der Waals surface area contributed by atoms with Gasteiger partial charge in [-0.3, -0.25) is 4.79 Å². The maximum absolute atomic E-state index is 13.2. The number of rotatable bonds is 5. The van der Waals surface area contributed by atoms with E-state index < -0.39 is 27.8 Å². The molecule has 2 saturated heterocycles. The molecule has 10 heteroatoms. The molecule has 2 aliphatic heterocycles. The lowest BCUT2D eigenvalue weighted by Gasteiger charge is -2.28. The Morgan fingerprint density at radius 3 is 2.50 bits per heavy atom. The van der Waals surface area contributed by atoms with Crippen LogP contribution in [0.3, 0.4) is 0 Å². The minimum atomic E-state index is -3.89. The summed E-state index contributed by atoms with van der Waals surface area (Å²) in [5.41, 5.74) is 0.503. The van der Waals surface area contributed by atoms with Gasteiger partial charge in [-0.1, -0.05) is 0 Å². The molecular formula is C20H23FN4O4S. The second-order valence-electron chi connectivity index (χ2n) is 7.22. The summed E-state index contributed by atoms with van der Waals surface area (Å²) in [6.07, 6.45) is 2.56. The van der Waals surface area contributed by atoms with Crippen LogP contribution >= 0.6 is 0 Å². The highest BCUT2D eigenvalue weighted by Crippen LogP contribution is 2.27. The van der Waals surface area contributed by atoms with Crippen LogP contribution in [0.15, 0.2) is 47.5 Å². The van der Waals surface area contributed by atoms with Crippen molar-refractivity contribution in [3.05, 3.63) is 48.4 Å². The number of nitrogens with one attached hydrogen (secondary N) is 1. The second-order valence-corrected chi connectivity index (χ2v) is 9.11. The predicted molar refractivity (Wildman–Crippen MR) is 109 cm³/mol. The lowest BCUT2D eigenvalue weighted by Crippen LogP contribution is -2.43. The molecule has 1 amide bonds. The fourth-order valence-electron chi connectivity index (χ4n) is 3.70. The van der Waals surface area contributed by atoms with Crippen molar-refractivity contribution in [3.8, 4) is 0 Å². The Labute approximate surface area is 174 Å². The van der Waals surface area contributed by atoms with E-state index in [-0.39, 0.29) is 11.4 Å². The van der Waals surface area contributed by atoms with Crippen molar-refractivity contribution in [1.82, 2.24) is 9.29 Å². The van der Waals surface area contributed by atoms with Gasteiger partial charge in [0.15, 0.2) is 0 Å². The van der Waals surface area contributed by atoms with Crippen molar-refractivity contribution < 1.29 is 22.3 Å². The summed E-state index contributed by atoms with van der Waals surface area (Å²) in [4.78, 5) is 19.3. The van der Waals surface area contributed by atoms with Gasteiger partial charge in [-0.15, -0.1) is 0 Å². The number of carbonyl (C=O) groups excluding carboxylic acids is 1. The first-order valence-electron chi connectivity index (χ1n) is 9.82. The van der Waals surface area contributed by atoms with Crippen molar-refractivity contribution in [3.63, 3.8) is 0 Å². The predicted octanol–water partition coefficient (Wildman–Crippen LogP) is 1.85. The SMILES string of the molecule is O=C(Nc1ccc(N2CCOCC2)nc1)[C@@H]1CCCN1S(=O)(=O)c1ccc(F)cc1. The molecule has 2 aliphatic rings. The summed E-state index contributed by atoms with van der Waals surface area (Å²) >= 11 is 0. The summed E-state index contributed by atoms with van der Waals surface area (Å²) in [6.45, 7) is 3.07. The van der Waals surface area contributed by atoms with E-state index >= 15 is 0 Å². The number of pyridine rings is 1. The molecule has 0 saturated carbocycles. The highest BCUT2D eigenvalue weighted by Gasteiger charge is 2.39. The van der Waals surface area contributed by atoms with E-state index in [4.69, 9.17) is 4.74 Å². The maximum atomic E-state index is 13.2. The maximum Gasteiger partial charge on any atom is 0.243 e. The smallest absolute Gasteiger partial charge is 0.243 e. The van der Waals surface area contributed by atoms with Crippen LogP contribution in [-0.2, 0) is 19.6 Å². The molecule has 3 heterocycles. The highest BCUT2D eigenvalue weighted by molar-refractivity contribution is 7.89. The number of anilines is 2. The number of halogens is 1. The molecule has 30 heavy (non-hydrogen) atoms. The Morgan fingerprint density at radius 1 is 1.10 bits per heavy atom. The number of nitrogens with zero attached hydrogens (tertiary/aromatic N) is 3. The molecule has 160 valence electrons. The molecule has 0 bridgehead atoms. The lowest BCUT2D eigenvalue weighted by molar-refractivity contribution is -0.119. The van der Waals surface area contributed by atoms with Crippen LogP contribution in [0.1, 0.15) is 12.8 Å². The molecule has 1 aromatic heterocycles. The Bertz CT molecular complexity index is 992. The number of benzene rings is 1. The van der Waals surface area contributed by atoms with Gasteiger partial charge in [0.25, 0.3) is 0 Å².